The second kappa shape index (κ2) is 9.08. The highest BCUT2D eigenvalue weighted by atomic mass is 32.9. The van der Waals surface area contributed by atoms with E-state index >= 15 is 0 Å². The van der Waals surface area contributed by atoms with Crippen molar-refractivity contribution >= 4 is 56.3 Å². The predicted molar refractivity (Wildman–Crippen MR) is 155 cm³/mol. The normalized spacial score (nSPS) is 16.2. The van der Waals surface area contributed by atoms with E-state index in [0.717, 1.165) is 41.5 Å². The van der Waals surface area contributed by atoms with E-state index in [1.54, 1.807) is 39.5 Å². The van der Waals surface area contributed by atoms with Crippen LogP contribution in [0.4, 0.5) is 5.69 Å². The van der Waals surface area contributed by atoms with E-state index in [2.05, 4.69) is 0 Å². The molecule has 6 rings (SSSR count). The van der Waals surface area contributed by atoms with Crippen molar-refractivity contribution in [3.8, 4) is 11.1 Å². The molecule has 0 radical (unpaired) electrons. The van der Waals surface area contributed by atoms with Gasteiger partial charge in [-0.1, -0.05) is 87.5 Å². The zero-order valence-electron chi connectivity index (χ0n) is 21.1. The molecule has 3 aromatic carbocycles. The lowest BCUT2D eigenvalue weighted by Crippen LogP contribution is -2.57. The molecule has 0 bridgehead atoms. The van der Waals surface area contributed by atoms with Gasteiger partial charge in [-0.25, -0.2) is 0 Å². The van der Waals surface area contributed by atoms with E-state index in [1.807, 2.05) is 69.3 Å². The second-order valence-electron chi connectivity index (χ2n) is 10.1. The van der Waals surface area contributed by atoms with Crippen molar-refractivity contribution in [3.63, 3.8) is 0 Å². The maximum Gasteiger partial charge on any atom is 0.262 e. The van der Waals surface area contributed by atoms with E-state index < -0.39 is 23.4 Å². The molecule has 0 N–H and O–H groups in total. The topological polar surface area (TPSA) is 57.7 Å². The fourth-order valence-corrected chi connectivity index (χ4v) is 8.78. The minimum Gasteiger partial charge on any atom is -0.299 e. The number of anilines is 1. The van der Waals surface area contributed by atoms with Gasteiger partial charge in [0.25, 0.3) is 17.7 Å². The summed E-state index contributed by atoms with van der Waals surface area (Å²) in [7, 11) is 3.12. The predicted octanol–water partition coefficient (Wildman–Crippen LogP) is 7.00. The van der Waals surface area contributed by atoms with Crippen molar-refractivity contribution in [2.75, 3.05) is 4.90 Å². The Morgan fingerprint density at radius 1 is 0.895 bits per heavy atom. The van der Waals surface area contributed by atoms with Crippen LogP contribution in [0.2, 0.25) is 0 Å². The highest BCUT2D eigenvalue weighted by Crippen LogP contribution is 2.52. The molecule has 3 amide bonds. The Balaban J connectivity index is 1.53. The van der Waals surface area contributed by atoms with Gasteiger partial charge in [-0.15, -0.1) is 0 Å². The number of carbonyl (C=O) groups is 3. The largest absolute Gasteiger partial charge is 0.299 e. The highest BCUT2D eigenvalue weighted by molar-refractivity contribution is 7.80. The number of hydrogen-bond donors (Lipinski definition) is 0. The highest BCUT2D eigenvalue weighted by Gasteiger charge is 2.49. The van der Waals surface area contributed by atoms with Crippen molar-refractivity contribution in [1.29, 1.82) is 0 Å². The smallest absolute Gasteiger partial charge is 0.262 e. The molecular formula is C30H24N2O3S3. The monoisotopic (exact) mass is 556 g/mol. The summed E-state index contributed by atoms with van der Waals surface area (Å²) < 4.78 is 0.802. The molecule has 0 spiro atoms. The van der Waals surface area contributed by atoms with E-state index in [9.17, 15) is 14.4 Å². The standard InChI is InChI=1S/C30H24N2O3S3/c1-17-13-14-21-22(15-17)32(30(2,3)25-24(21)29(36)38-37-25)28(35)23(16-18-9-5-4-6-10-18)31-26(33)19-11-7-8-12-20(19)27(31)34/h4-15,23H,16H2,1-3H3/t23-/m1/s1. The molecule has 0 saturated carbocycles. The third-order valence-electron chi connectivity index (χ3n) is 7.32. The van der Waals surface area contributed by atoms with E-state index in [0.29, 0.717) is 11.1 Å². The average Bonchev–Trinajstić information content (AvgIpc) is 3.41. The zero-order chi connectivity index (χ0) is 26.8. The van der Waals surface area contributed by atoms with Crippen LogP contribution in [0.3, 0.4) is 0 Å². The number of fused-ring (bicyclic) bond motifs is 4. The Hall–Kier alpha value is -3.46. The first kappa shape index (κ1) is 24.9. The first-order valence-electron chi connectivity index (χ1n) is 12.3. The van der Waals surface area contributed by atoms with Gasteiger partial charge in [-0.05, 0) is 50.1 Å². The molecule has 1 aromatic heterocycles. The summed E-state index contributed by atoms with van der Waals surface area (Å²) in [5.41, 5.74) is 4.45. The van der Waals surface area contributed by atoms with Crippen molar-refractivity contribution in [2.24, 2.45) is 0 Å². The van der Waals surface area contributed by atoms with Crippen molar-refractivity contribution < 1.29 is 14.4 Å². The van der Waals surface area contributed by atoms with Crippen LogP contribution in [0.5, 0.6) is 0 Å². The summed E-state index contributed by atoms with van der Waals surface area (Å²) in [6.45, 7) is 6.01. The molecule has 5 nitrogen and oxygen atoms in total. The van der Waals surface area contributed by atoms with Crippen molar-refractivity contribution in [1.82, 2.24) is 4.90 Å². The van der Waals surface area contributed by atoms with Gasteiger partial charge in [-0.2, -0.15) is 0 Å². The van der Waals surface area contributed by atoms with Crippen LogP contribution in [-0.4, -0.2) is 28.7 Å². The molecule has 2 aliphatic rings. The number of carbonyl (C=O) groups excluding carboxylic acids is 3. The fraction of sp³-hybridized carbons (Fsp3) is 0.200. The quantitative estimate of drug-likeness (QED) is 0.154. The molecule has 0 unspecified atom stereocenters. The first-order valence-corrected chi connectivity index (χ1v) is 14.9. The Morgan fingerprint density at radius 2 is 1.53 bits per heavy atom. The molecule has 190 valence electrons. The van der Waals surface area contributed by atoms with Gasteiger partial charge in [0.05, 0.1) is 27.2 Å². The Kier molecular flexibility index (Phi) is 5.94. The van der Waals surface area contributed by atoms with Crippen molar-refractivity contribution in [2.45, 2.75) is 38.8 Å². The lowest BCUT2D eigenvalue weighted by atomic mass is 9.86. The lowest BCUT2D eigenvalue weighted by Gasteiger charge is -2.45. The number of nitrogens with zero attached hydrogens (tertiary/aromatic N) is 2. The summed E-state index contributed by atoms with van der Waals surface area (Å²) in [6, 6.07) is 21.3. The summed E-state index contributed by atoms with van der Waals surface area (Å²) in [6.07, 6.45) is 0.213. The average molecular weight is 557 g/mol. The molecule has 2 aliphatic heterocycles. The number of rotatable bonds is 4. The van der Waals surface area contributed by atoms with Crippen LogP contribution in [0.25, 0.3) is 11.1 Å². The fourth-order valence-electron chi connectivity index (χ4n) is 5.50. The van der Waals surface area contributed by atoms with Crippen LogP contribution in [0.15, 0.2) is 72.8 Å². The Morgan fingerprint density at radius 3 is 2.18 bits per heavy atom. The van der Waals surface area contributed by atoms with Gasteiger partial charge in [0.15, 0.2) is 0 Å². The third kappa shape index (κ3) is 3.70. The SMILES string of the molecule is Cc1ccc2c(c1)N(C(=O)[C@@H](Cc1ccccc1)N1C(=O)c3ccccc3C1=O)C(C)(C)c1ssc(=S)c1-2. The second-order valence-corrected chi connectivity index (χ2v) is 13.0. The van der Waals surface area contributed by atoms with Gasteiger partial charge in [0.1, 0.15) is 9.87 Å². The lowest BCUT2D eigenvalue weighted by molar-refractivity contribution is -0.123. The number of imide groups is 1. The number of aryl methyl sites for hydroxylation is 1. The minimum absolute atomic E-state index is 0.213. The minimum atomic E-state index is -1.02. The van der Waals surface area contributed by atoms with Gasteiger partial charge >= 0.3 is 0 Å². The van der Waals surface area contributed by atoms with Crippen LogP contribution in [0, 0.1) is 10.7 Å². The van der Waals surface area contributed by atoms with Crippen LogP contribution >= 0.6 is 32.9 Å². The summed E-state index contributed by atoms with van der Waals surface area (Å²) in [5.74, 6) is -1.17. The van der Waals surface area contributed by atoms with Crippen LogP contribution < -0.4 is 4.90 Å². The van der Waals surface area contributed by atoms with Crippen LogP contribution in [-0.2, 0) is 16.8 Å². The summed E-state index contributed by atoms with van der Waals surface area (Å²) in [4.78, 5) is 46.0. The van der Waals surface area contributed by atoms with Gasteiger partial charge in [-0.3, -0.25) is 24.2 Å². The van der Waals surface area contributed by atoms with E-state index in [-0.39, 0.29) is 12.3 Å². The number of benzene rings is 3. The van der Waals surface area contributed by atoms with E-state index in [1.165, 1.54) is 10.3 Å². The maximum atomic E-state index is 14.8. The Bertz CT molecular complexity index is 1650. The molecular weight excluding hydrogens is 533 g/mol. The van der Waals surface area contributed by atoms with Gasteiger partial charge in [0, 0.05) is 17.5 Å². The first-order chi connectivity index (χ1) is 18.2. The molecule has 0 aliphatic carbocycles. The van der Waals surface area contributed by atoms with E-state index in [4.69, 9.17) is 12.2 Å². The van der Waals surface area contributed by atoms with Gasteiger partial charge < -0.3 is 0 Å². The molecule has 38 heavy (non-hydrogen) atoms. The summed E-state index contributed by atoms with van der Waals surface area (Å²) in [5, 5.41) is 0. The van der Waals surface area contributed by atoms with Crippen LogP contribution in [0.1, 0.15) is 50.6 Å². The third-order valence-corrected chi connectivity index (χ3v) is 10.7. The molecule has 0 saturated heterocycles. The van der Waals surface area contributed by atoms with Gasteiger partial charge in [0.2, 0.25) is 0 Å². The molecule has 1 atom stereocenters. The number of amides is 3. The molecule has 4 aromatic rings. The maximum absolute atomic E-state index is 14.8. The van der Waals surface area contributed by atoms with Crippen molar-refractivity contribution in [3.05, 3.63) is 104 Å². The summed E-state index contributed by atoms with van der Waals surface area (Å²) >= 11 is 5.71. The molecule has 0 fully saturated rings. The zero-order valence-corrected chi connectivity index (χ0v) is 23.5. The molecule has 8 heteroatoms. The number of hydrogen-bond acceptors (Lipinski definition) is 6. The Labute approximate surface area is 233 Å². The molecule has 3 heterocycles.